The fraction of sp³-hybridized carbons (Fsp3) is 0.409. The molecule has 4 rings (SSSR count). The smallest absolute Gasteiger partial charge is 0.267 e. The van der Waals surface area contributed by atoms with Crippen LogP contribution >= 0.6 is 11.6 Å². The van der Waals surface area contributed by atoms with Crippen molar-refractivity contribution in [1.82, 2.24) is 25.5 Å². The molecule has 2 heterocycles. The van der Waals surface area contributed by atoms with Crippen LogP contribution in [0, 0.1) is 12.8 Å². The third kappa shape index (κ3) is 5.21. The Kier molecular flexibility index (Phi) is 6.38. The highest BCUT2D eigenvalue weighted by molar-refractivity contribution is 6.30. The normalized spacial score (nSPS) is 18.9. The molecule has 1 saturated carbocycles. The zero-order chi connectivity index (χ0) is 20.9. The van der Waals surface area contributed by atoms with E-state index < -0.39 is 0 Å². The summed E-state index contributed by atoms with van der Waals surface area (Å²) >= 11 is 5.88. The second kappa shape index (κ2) is 9.34. The first-order chi connectivity index (χ1) is 14.6. The summed E-state index contributed by atoms with van der Waals surface area (Å²) in [6.45, 7) is 2.59. The predicted octanol–water partition coefficient (Wildman–Crippen LogP) is 4.12. The first-order valence-electron chi connectivity index (χ1n) is 10.2. The minimum absolute atomic E-state index is 0.0418. The molecule has 0 bridgehead atoms. The lowest BCUT2D eigenvalue weighted by atomic mass is 9.82. The van der Waals surface area contributed by atoms with Crippen LogP contribution in [-0.4, -0.2) is 32.6 Å². The zero-order valence-electron chi connectivity index (χ0n) is 16.8. The molecule has 0 radical (unpaired) electrons. The molecule has 0 spiro atoms. The van der Waals surface area contributed by atoms with Gasteiger partial charge in [-0.25, -0.2) is 4.98 Å². The predicted molar refractivity (Wildman–Crippen MR) is 113 cm³/mol. The number of hydrogen-bond donors (Lipinski definition) is 1. The summed E-state index contributed by atoms with van der Waals surface area (Å²) in [6.07, 6.45) is 7.70. The lowest BCUT2D eigenvalue weighted by molar-refractivity contribution is -0.120. The topological polar surface area (TPSA) is 93.8 Å². The van der Waals surface area contributed by atoms with Crippen molar-refractivity contribution in [3.05, 3.63) is 58.8 Å². The molecule has 0 saturated heterocycles. The van der Waals surface area contributed by atoms with Gasteiger partial charge >= 0.3 is 0 Å². The van der Waals surface area contributed by atoms with E-state index in [0.717, 1.165) is 36.9 Å². The molecule has 1 N–H and O–H groups in total. The van der Waals surface area contributed by atoms with Gasteiger partial charge in [-0.2, -0.15) is 0 Å². The van der Waals surface area contributed by atoms with Crippen LogP contribution < -0.4 is 5.32 Å². The average molecular weight is 426 g/mol. The van der Waals surface area contributed by atoms with Crippen molar-refractivity contribution in [3.63, 3.8) is 0 Å². The number of nitrogens with zero attached hydrogens (tertiary/aromatic N) is 4. The van der Waals surface area contributed by atoms with E-state index in [9.17, 15) is 4.79 Å². The van der Waals surface area contributed by atoms with E-state index in [1.165, 1.54) is 0 Å². The Morgan fingerprint density at radius 2 is 1.87 bits per heavy atom. The van der Waals surface area contributed by atoms with Crippen LogP contribution in [0.1, 0.15) is 48.7 Å². The van der Waals surface area contributed by atoms with Crippen molar-refractivity contribution in [3.8, 4) is 11.6 Å². The maximum absolute atomic E-state index is 12.2. The van der Waals surface area contributed by atoms with Gasteiger partial charge in [0.25, 0.3) is 5.89 Å². The Morgan fingerprint density at radius 1 is 1.10 bits per heavy atom. The number of hydrogen-bond acceptors (Lipinski definition) is 6. The first-order valence-corrected chi connectivity index (χ1v) is 10.6. The van der Waals surface area contributed by atoms with E-state index in [1.54, 1.807) is 24.5 Å². The Labute approximate surface area is 180 Å². The average Bonchev–Trinajstić information content (AvgIpc) is 3.25. The quantitative estimate of drug-likeness (QED) is 0.638. The van der Waals surface area contributed by atoms with E-state index in [-0.39, 0.29) is 11.8 Å². The largest absolute Gasteiger partial charge is 0.419 e. The van der Waals surface area contributed by atoms with Crippen molar-refractivity contribution in [2.24, 2.45) is 5.92 Å². The number of benzene rings is 1. The number of halogens is 1. The van der Waals surface area contributed by atoms with Gasteiger partial charge in [-0.15, -0.1) is 10.2 Å². The van der Waals surface area contributed by atoms with Crippen LogP contribution in [-0.2, 0) is 11.2 Å². The molecular weight excluding hydrogens is 402 g/mol. The van der Waals surface area contributed by atoms with E-state index in [4.69, 9.17) is 16.0 Å². The third-order valence-corrected chi connectivity index (χ3v) is 5.75. The molecular formula is C22H24ClN5O2. The molecule has 1 fully saturated rings. The minimum atomic E-state index is 0.0418. The Hall–Kier alpha value is -2.80. The van der Waals surface area contributed by atoms with E-state index >= 15 is 0 Å². The third-order valence-electron chi connectivity index (χ3n) is 5.50. The van der Waals surface area contributed by atoms with Crippen molar-refractivity contribution in [2.45, 2.75) is 44.9 Å². The molecule has 1 aliphatic rings. The molecule has 0 aliphatic heterocycles. The highest BCUT2D eigenvalue weighted by Crippen LogP contribution is 2.35. The second-order valence-electron chi connectivity index (χ2n) is 7.81. The number of aromatic nitrogens is 4. The van der Waals surface area contributed by atoms with Gasteiger partial charge in [-0.05, 0) is 56.2 Å². The van der Waals surface area contributed by atoms with Gasteiger partial charge in [0.15, 0.2) is 0 Å². The van der Waals surface area contributed by atoms with Crippen molar-refractivity contribution < 1.29 is 9.21 Å². The summed E-state index contributed by atoms with van der Waals surface area (Å²) in [5.41, 5.74) is 2.40. The monoisotopic (exact) mass is 425 g/mol. The summed E-state index contributed by atoms with van der Waals surface area (Å²) in [4.78, 5) is 20.7. The summed E-state index contributed by atoms with van der Waals surface area (Å²) in [5.74, 6) is 1.85. The molecule has 0 unspecified atom stereocenters. The highest BCUT2D eigenvalue weighted by Gasteiger charge is 2.27. The molecule has 156 valence electrons. The van der Waals surface area contributed by atoms with Crippen molar-refractivity contribution in [2.75, 3.05) is 6.54 Å². The number of rotatable bonds is 6. The zero-order valence-corrected chi connectivity index (χ0v) is 17.6. The minimum Gasteiger partial charge on any atom is -0.419 e. The van der Waals surface area contributed by atoms with Crippen LogP contribution in [0.2, 0.25) is 5.02 Å². The Morgan fingerprint density at radius 3 is 2.57 bits per heavy atom. The molecule has 30 heavy (non-hydrogen) atoms. The number of nitrogens with one attached hydrogen (secondary N) is 1. The van der Waals surface area contributed by atoms with Gasteiger partial charge in [-0.1, -0.05) is 23.7 Å². The fourth-order valence-corrected chi connectivity index (χ4v) is 3.85. The number of carbonyl (C=O) groups is 1. The van der Waals surface area contributed by atoms with Gasteiger partial charge in [0.1, 0.15) is 5.69 Å². The first kappa shape index (κ1) is 20.5. The second-order valence-corrected chi connectivity index (χ2v) is 8.25. The summed E-state index contributed by atoms with van der Waals surface area (Å²) in [7, 11) is 0. The van der Waals surface area contributed by atoms with E-state index in [0.29, 0.717) is 41.4 Å². The summed E-state index contributed by atoms with van der Waals surface area (Å²) in [5, 5.41) is 12.1. The van der Waals surface area contributed by atoms with E-state index in [2.05, 4.69) is 25.5 Å². The number of amides is 1. The molecule has 1 aromatic carbocycles. The summed E-state index contributed by atoms with van der Waals surface area (Å²) < 4.78 is 5.85. The fourth-order valence-electron chi connectivity index (χ4n) is 3.73. The number of aryl methyl sites for hydroxylation is 1. The Bertz CT molecular complexity index is 980. The maximum atomic E-state index is 12.2. The molecule has 1 amide bonds. The Balaban J connectivity index is 1.23. The van der Waals surface area contributed by atoms with Crippen LogP contribution in [0.5, 0.6) is 0 Å². The molecule has 2 aromatic heterocycles. The van der Waals surface area contributed by atoms with Gasteiger partial charge in [0, 0.05) is 23.7 Å². The number of carbonyl (C=O) groups excluding carboxylic acids is 1. The van der Waals surface area contributed by atoms with Crippen LogP contribution in [0.25, 0.3) is 11.6 Å². The molecule has 0 atom stereocenters. The van der Waals surface area contributed by atoms with Gasteiger partial charge in [0.2, 0.25) is 11.8 Å². The molecule has 1 aliphatic carbocycles. The van der Waals surface area contributed by atoms with Crippen LogP contribution in [0.3, 0.4) is 0 Å². The molecule has 8 heteroatoms. The van der Waals surface area contributed by atoms with Crippen molar-refractivity contribution >= 4 is 17.5 Å². The van der Waals surface area contributed by atoms with Gasteiger partial charge in [0.05, 0.1) is 18.3 Å². The molecule has 3 aromatic rings. The maximum Gasteiger partial charge on any atom is 0.267 e. The van der Waals surface area contributed by atoms with Crippen molar-refractivity contribution in [1.29, 1.82) is 0 Å². The van der Waals surface area contributed by atoms with E-state index in [1.807, 2.05) is 19.1 Å². The lowest BCUT2D eigenvalue weighted by Gasteiger charge is -2.26. The summed E-state index contributed by atoms with van der Waals surface area (Å²) in [6, 6.07) is 7.38. The highest BCUT2D eigenvalue weighted by atomic mass is 35.5. The SMILES string of the molecule is Cc1cnc(-c2nnc(C3CCC(CNC(=O)Cc4ccc(Cl)cc4)CC3)o2)cn1. The molecule has 7 nitrogen and oxygen atoms in total. The van der Waals surface area contributed by atoms with Gasteiger partial charge < -0.3 is 9.73 Å². The van der Waals surface area contributed by atoms with Crippen LogP contribution in [0.15, 0.2) is 41.1 Å². The van der Waals surface area contributed by atoms with Crippen LogP contribution in [0.4, 0.5) is 0 Å². The van der Waals surface area contributed by atoms with Gasteiger partial charge in [-0.3, -0.25) is 9.78 Å². The standard InChI is InChI=1S/C22H24ClN5O2/c1-14-11-25-19(13-24-14)22-28-27-21(30-22)17-6-2-16(3-7-17)12-26-20(29)10-15-4-8-18(23)9-5-15/h4-5,8-9,11,13,16-17H,2-3,6-7,10,12H2,1H3,(H,26,29). The lowest BCUT2D eigenvalue weighted by Crippen LogP contribution is -2.32.